The van der Waals surface area contributed by atoms with Crippen LogP contribution >= 0.6 is 23.6 Å². The van der Waals surface area contributed by atoms with Gasteiger partial charge in [-0.2, -0.15) is 5.26 Å². The van der Waals surface area contributed by atoms with Gasteiger partial charge in [0.2, 0.25) is 5.13 Å². The van der Waals surface area contributed by atoms with Gasteiger partial charge in [-0.15, -0.1) is 5.10 Å². The standard InChI is InChI=1S/C19H18FN7S2/c20-15-3-1-2-4-16(15)23-18-24-27(19(28)29-18)13-25-7-9-26(10-8-25)17-11-14(12-21)5-6-22-17/h1-6,11H,7-10,13H2,(H,23,24). The maximum Gasteiger partial charge on any atom is 0.209 e. The molecule has 1 saturated heterocycles. The second-order valence-electron chi connectivity index (χ2n) is 6.54. The number of nitriles is 1. The maximum absolute atomic E-state index is 13.8. The number of aromatic nitrogens is 3. The molecule has 3 heterocycles. The van der Waals surface area contributed by atoms with E-state index in [1.807, 2.05) is 6.07 Å². The third kappa shape index (κ3) is 4.59. The molecule has 1 N–H and O–H groups in total. The SMILES string of the molecule is N#Cc1ccnc(N2CCN(Cn3nc(Nc4ccccc4F)sc3=S)CC2)c1. The molecule has 0 amide bonds. The summed E-state index contributed by atoms with van der Waals surface area (Å²) in [6.07, 6.45) is 1.67. The Bertz CT molecular complexity index is 1100. The van der Waals surface area contributed by atoms with Crippen LogP contribution in [0.25, 0.3) is 0 Å². The van der Waals surface area contributed by atoms with Gasteiger partial charge in [0.15, 0.2) is 3.95 Å². The predicted octanol–water partition coefficient (Wildman–Crippen LogP) is 3.60. The molecule has 0 radical (unpaired) electrons. The largest absolute Gasteiger partial charge is 0.354 e. The number of halogens is 1. The molecule has 0 aliphatic carbocycles. The van der Waals surface area contributed by atoms with Crippen molar-refractivity contribution in [3.63, 3.8) is 0 Å². The van der Waals surface area contributed by atoms with E-state index < -0.39 is 0 Å². The summed E-state index contributed by atoms with van der Waals surface area (Å²) in [6, 6.07) is 12.1. The van der Waals surface area contributed by atoms with Crippen molar-refractivity contribution < 1.29 is 4.39 Å². The van der Waals surface area contributed by atoms with Crippen LogP contribution in [0, 0.1) is 21.1 Å². The first kappa shape index (κ1) is 19.4. The quantitative estimate of drug-likeness (QED) is 0.624. The second kappa shape index (κ2) is 8.65. The van der Waals surface area contributed by atoms with Crippen molar-refractivity contribution in [1.82, 2.24) is 19.7 Å². The minimum Gasteiger partial charge on any atom is -0.354 e. The van der Waals surface area contributed by atoms with E-state index in [0.29, 0.717) is 27.0 Å². The zero-order valence-corrected chi connectivity index (χ0v) is 17.1. The lowest BCUT2D eigenvalue weighted by Gasteiger charge is -2.35. The first-order chi connectivity index (χ1) is 14.1. The van der Waals surface area contributed by atoms with Gasteiger partial charge in [-0.05, 0) is 36.5 Å². The van der Waals surface area contributed by atoms with E-state index in [4.69, 9.17) is 17.5 Å². The Hall–Kier alpha value is -2.87. The number of benzene rings is 1. The molecule has 7 nitrogen and oxygen atoms in total. The fourth-order valence-electron chi connectivity index (χ4n) is 3.09. The third-order valence-corrected chi connectivity index (χ3v) is 5.85. The predicted molar refractivity (Wildman–Crippen MR) is 113 cm³/mol. The van der Waals surface area contributed by atoms with Crippen molar-refractivity contribution in [2.24, 2.45) is 0 Å². The van der Waals surface area contributed by atoms with Gasteiger partial charge in [-0.25, -0.2) is 14.1 Å². The van der Waals surface area contributed by atoms with Crippen LogP contribution in [0.2, 0.25) is 0 Å². The van der Waals surface area contributed by atoms with E-state index in [2.05, 4.69) is 31.3 Å². The van der Waals surface area contributed by atoms with Gasteiger partial charge in [-0.3, -0.25) is 4.90 Å². The topological polar surface area (TPSA) is 73.0 Å². The van der Waals surface area contributed by atoms with Crippen LogP contribution in [-0.2, 0) is 6.67 Å². The number of hydrogen-bond donors (Lipinski definition) is 1. The van der Waals surface area contributed by atoms with E-state index >= 15 is 0 Å². The Kier molecular flexibility index (Phi) is 5.80. The monoisotopic (exact) mass is 427 g/mol. The number of rotatable bonds is 5. The Balaban J connectivity index is 1.37. The first-order valence-corrected chi connectivity index (χ1v) is 10.3. The van der Waals surface area contributed by atoms with Gasteiger partial charge in [0.1, 0.15) is 11.6 Å². The molecular weight excluding hydrogens is 409 g/mol. The van der Waals surface area contributed by atoms with Gasteiger partial charge in [0.05, 0.1) is 24.0 Å². The Labute approximate surface area is 176 Å². The fraction of sp³-hybridized carbons (Fsp3) is 0.263. The molecule has 1 aromatic carbocycles. The zero-order valence-electron chi connectivity index (χ0n) is 15.5. The van der Waals surface area contributed by atoms with Crippen molar-refractivity contribution in [2.75, 3.05) is 36.4 Å². The maximum atomic E-state index is 13.8. The van der Waals surface area contributed by atoms with Crippen molar-refractivity contribution >= 4 is 40.2 Å². The molecule has 0 saturated carbocycles. The normalized spacial score (nSPS) is 14.6. The van der Waals surface area contributed by atoms with Crippen molar-refractivity contribution in [3.8, 4) is 6.07 Å². The number of nitrogens with one attached hydrogen (secondary N) is 1. The Morgan fingerprint density at radius 2 is 2.00 bits per heavy atom. The second-order valence-corrected chi connectivity index (χ2v) is 8.16. The van der Waals surface area contributed by atoms with Gasteiger partial charge in [0, 0.05) is 32.4 Å². The fourth-order valence-corrected chi connectivity index (χ4v) is 4.10. The molecule has 2 aromatic heterocycles. The highest BCUT2D eigenvalue weighted by atomic mass is 32.1. The molecule has 0 bridgehead atoms. The van der Waals surface area contributed by atoms with Gasteiger partial charge in [0.25, 0.3) is 0 Å². The Morgan fingerprint density at radius 1 is 1.21 bits per heavy atom. The van der Waals surface area contributed by atoms with Crippen molar-refractivity contribution in [1.29, 1.82) is 5.26 Å². The van der Waals surface area contributed by atoms with E-state index in [1.165, 1.54) is 17.4 Å². The molecule has 0 unspecified atom stereocenters. The summed E-state index contributed by atoms with van der Waals surface area (Å²) in [5, 5.41) is 17.1. The van der Waals surface area contributed by atoms with Gasteiger partial charge < -0.3 is 10.2 Å². The van der Waals surface area contributed by atoms with E-state index in [9.17, 15) is 4.39 Å². The molecular formula is C19H18FN7S2. The smallest absolute Gasteiger partial charge is 0.209 e. The van der Waals surface area contributed by atoms with Crippen LogP contribution in [0.5, 0.6) is 0 Å². The number of piperazine rings is 1. The highest BCUT2D eigenvalue weighted by molar-refractivity contribution is 7.73. The average molecular weight is 428 g/mol. The lowest BCUT2D eigenvalue weighted by Crippen LogP contribution is -2.47. The number of hydrogen-bond acceptors (Lipinski definition) is 8. The van der Waals surface area contributed by atoms with E-state index in [0.717, 1.165) is 32.0 Å². The summed E-state index contributed by atoms with van der Waals surface area (Å²) in [4.78, 5) is 8.80. The molecule has 148 valence electrons. The number of pyridine rings is 1. The molecule has 1 aliphatic heterocycles. The summed E-state index contributed by atoms with van der Waals surface area (Å²) < 4.78 is 16.2. The molecule has 3 aromatic rings. The van der Waals surface area contributed by atoms with Crippen LogP contribution in [0.4, 0.5) is 21.0 Å². The van der Waals surface area contributed by atoms with Crippen LogP contribution in [0.3, 0.4) is 0 Å². The van der Waals surface area contributed by atoms with Crippen LogP contribution in [-0.4, -0.2) is 45.8 Å². The molecule has 0 atom stereocenters. The van der Waals surface area contributed by atoms with Crippen LogP contribution in [0.15, 0.2) is 42.6 Å². The summed E-state index contributed by atoms with van der Waals surface area (Å²) in [7, 11) is 0. The van der Waals surface area contributed by atoms with Crippen molar-refractivity contribution in [2.45, 2.75) is 6.67 Å². The summed E-state index contributed by atoms with van der Waals surface area (Å²) in [5.41, 5.74) is 0.991. The highest BCUT2D eigenvalue weighted by Crippen LogP contribution is 2.23. The molecule has 0 spiro atoms. The van der Waals surface area contributed by atoms with Gasteiger partial charge >= 0.3 is 0 Å². The minimum absolute atomic E-state index is 0.328. The molecule has 4 rings (SSSR count). The molecule has 29 heavy (non-hydrogen) atoms. The van der Waals surface area contributed by atoms with E-state index in [-0.39, 0.29) is 5.82 Å². The zero-order chi connectivity index (χ0) is 20.2. The number of nitrogens with zero attached hydrogens (tertiary/aromatic N) is 6. The van der Waals surface area contributed by atoms with Gasteiger partial charge in [-0.1, -0.05) is 23.5 Å². The lowest BCUT2D eigenvalue weighted by molar-refractivity contribution is 0.195. The number of anilines is 3. The number of para-hydroxylation sites is 1. The highest BCUT2D eigenvalue weighted by Gasteiger charge is 2.19. The molecule has 1 fully saturated rings. The molecule has 1 aliphatic rings. The Morgan fingerprint density at radius 3 is 2.76 bits per heavy atom. The van der Waals surface area contributed by atoms with Crippen LogP contribution < -0.4 is 10.2 Å². The first-order valence-electron chi connectivity index (χ1n) is 9.05. The average Bonchev–Trinajstić information content (AvgIpc) is 3.09. The lowest BCUT2D eigenvalue weighted by atomic mass is 10.2. The summed E-state index contributed by atoms with van der Waals surface area (Å²) >= 11 is 6.74. The van der Waals surface area contributed by atoms with E-state index in [1.54, 1.807) is 35.1 Å². The minimum atomic E-state index is -0.328. The summed E-state index contributed by atoms with van der Waals surface area (Å²) in [5.74, 6) is 0.496. The molecule has 10 heteroatoms. The van der Waals surface area contributed by atoms with Crippen LogP contribution in [0.1, 0.15) is 5.56 Å². The van der Waals surface area contributed by atoms with Crippen molar-refractivity contribution in [3.05, 3.63) is 57.9 Å². The summed E-state index contributed by atoms with van der Waals surface area (Å²) in [6.45, 7) is 3.84. The third-order valence-electron chi connectivity index (χ3n) is 4.63.